The number of aliphatic carboxylic acids is 1. The molecule has 0 radical (unpaired) electrons. The van der Waals surface area contributed by atoms with Crippen LogP contribution >= 0.6 is 0 Å². The summed E-state index contributed by atoms with van der Waals surface area (Å²) in [5, 5.41) is 35.0. The number of allylic oxidation sites excluding steroid dienone is 1. The van der Waals surface area contributed by atoms with Gasteiger partial charge in [-0.05, 0) is 146 Å². The van der Waals surface area contributed by atoms with Crippen LogP contribution in [0.2, 0.25) is 0 Å². The Balaban J connectivity index is 0.996. The molecule has 10 nitrogen and oxygen atoms in total. The van der Waals surface area contributed by atoms with Crippen molar-refractivity contribution in [3.63, 3.8) is 0 Å². The maximum Gasteiger partial charge on any atom is 0.309 e. The number of nitrogens with one attached hydrogen (secondary N) is 1. The van der Waals surface area contributed by atoms with Gasteiger partial charge in [-0.3, -0.25) is 19.2 Å². The second kappa shape index (κ2) is 15.2. The molecule has 1 aromatic carbocycles. The summed E-state index contributed by atoms with van der Waals surface area (Å²) in [6.07, 6.45) is 8.19. The van der Waals surface area contributed by atoms with Crippen molar-refractivity contribution in [3.8, 4) is 0 Å². The zero-order chi connectivity index (χ0) is 44.2. The molecule has 1 saturated heterocycles. The van der Waals surface area contributed by atoms with Gasteiger partial charge in [-0.1, -0.05) is 67.9 Å². The molecule has 0 unspecified atom stereocenters. The topological polar surface area (TPSA) is 153 Å². The van der Waals surface area contributed by atoms with Crippen LogP contribution in [-0.2, 0) is 19.1 Å². The first-order chi connectivity index (χ1) is 28.5. The van der Waals surface area contributed by atoms with Crippen molar-refractivity contribution in [2.75, 3.05) is 24.5 Å². The molecule has 7 aliphatic rings. The van der Waals surface area contributed by atoms with Gasteiger partial charge in [0.15, 0.2) is 5.78 Å². The van der Waals surface area contributed by atoms with Crippen molar-refractivity contribution < 1.29 is 39.2 Å². The molecule has 0 spiro atoms. The first-order valence-electron chi connectivity index (χ1n) is 23.7. The number of rotatable bonds is 9. The number of hydrogen-bond acceptors (Lipinski definition) is 8. The number of benzene rings is 1. The molecule has 0 aromatic heterocycles. The highest BCUT2D eigenvalue weighted by molar-refractivity contribution is 6.01. The first kappa shape index (κ1) is 44.4. The van der Waals surface area contributed by atoms with E-state index in [9.17, 15) is 34.5 Å². The Morgan fingerprint density at radius 1 is 0.820 bits per heavy atom. The summed E-state index contributed by atoms with van der Waals surface area (Å²) in [6, 6.07) is 7.57. The largest absolute Gasteiger partial charge is 0.481 e. The van der Waals surface area contributed by atoms with Gasteiger partial charge in [-0.2, -0.15) is 0 Å². The summed E-state index contributed by atoms with van der Waals surface area (Å²) in [4.78, 5) is 55.4. The van der Waals surface area contributed by atoms with E-state index in [1.165, 1.54) is 5.57 Å². The standard InChI is InChI=1S/C51H74N2O8/c1-29(2)41-36(55)27-51(39(56)28-52-43(57)30-10-12-31(13-11-30)53-24-18-32(54)19-25-53)23-22-49(8)33(42(41)51)14-15-38-48(7)20-17-40(47(5,6)37(48)16-21-50(38,49)9)61-45(60)35-26-34(44(58)59)46(35,3)4/h10-13,29,32-35,37-40,54,56H,14-28H2,1-9H3,(H,52,57)(H,58,59)/t33-,34+,35-,37+,38-,39+,40+,48+,49-,50-,51+/m1/s1. The number of aliphatic hydroxyl groups excluding tert-OH is 2. The number of Topliss-reactive ketones (excluding diaryl/α,β-unsaturated/α-hetero) is 1. The van der Waals surface area contributed by atoms with E-state index in [4.69, 9.17) is 4.74 Å². The molecule has 1 heterocycles. The van der Waals surface area contributed by atoms with Crippen LogP contribution in [0.1, 0.15) is 150 Å². The number of hydrogen-bond donors (Lipinski definition) is 4. The van der Waals surface area contributed by atoms with Crippen LogP contribution in [0.3, 0.4) is 0 Å². The van der Waals surface area contributed by atoms with Gasteiger partial charge in [0.2, 0.25) is 0 Å². The lowest BCUT2D eigenvalue weighted by molar-refractivity contribution is -0.238. The number of carbonyl (C=O) groups excluding carboxylic acids is 3. The molecule has 4 N–H and O–H groups in total. The van der Waals surface area contributed by atoms with Crippen LogP contribution in [0, 0.1) is 68.0 Å². The van der Waals surface area contributed by atoms with Crippen molar-refractivity contribution in [1.29, 1.82) is 0 Å². The molecule has 8 rings (SSSR count). The highest BCUT2D eigenvalue weighted by Crippen LogP contribution is 2.77. The molecule has 6 aliphatic carbocycles. The molecule has 11 atom stereocenters. The maximum absolute atomic E-state index is 14.2. The van der Waals surface area contributed by atoms with Crippen LogP contribution in [0.25, 0.3) is 0 Å². The molecule has 0 bridgehead atoms. The molecular weight excluding hydrogens is 769 g/mol. The zero-order valence-electron chi connectivity index (χ0n) is 38.4. The van der Waals surface area contributed by atoms with Gasteiger partial charge in [-0.15, -0.1) is 0 Å². The molecular formula is C51H74N2O8. The Hall–Kier alpha value is -3.24. The molecule has 336 valence electrons. The molecule has 61 heavy (non-hydrogen) atoms. The van der Waals surface area contributed by atoms with E-state index in [1.54, 1.807) is 0 Å². The predicted octanol–water partition coefficient (Wildman–Crippen LogP) is 8.38. The average molecular weight is 843 g/mol. The monoisotopic (exact) mass is 843 g/mol. The normalized spacial score (nSPS) is 39.6. The smallest absolute Gasteiger partial charge is 0.309 e. The summed E-state index contributed by atoms with van der Waals surface area (Å²) >= 11 is 0. The Morgan fingerprint density at radius 3 is 2.11 bits per heavy atom. The SMILES string of the molecule is CC(C)C1=C2[C@H]3CC[C@@H]4[C@@]5(C)CC[C@H](OC(=O)[C@H]6C[C@@H](C(=O)O)C6(C)C)C(C)(C)[C@@H]5CC[C@@]4(C)[C@]3(C)CC[C@@]2([C@@H](O)CNC(=O)c2ccc(N3CCC(O)CC3)cc2)CC1=O. The first-order valence-corrected chi connectivity index (χ1v) is 23.7. The fourth-order valence-electron chi connectivity index (χ4n) is 15.7. The highest BCUT2D eigenvalue weighted by Gasteiger charge is 2.71. The third kappa shape index (κ3) is 6.67. The fourth-order valence-corrected chi connectivity index (χ4v) is 15.7. The number of aliphatic hydroxyl groups is 2. The van der Waals surface area contributed by atoms with E-state index in [-0.39, 0.29) is 69.9 Å². The van der Waals surface area contributed by atoms with Gasteiger partial charge in [0.25, 0.3) is 5.91 Å². The van der Waals surface area contributed by atoms with E-state index < -0.39 is 34.7 Å². The number of ether oxygens (including phenoxy) is 1. The highest BCUT2D eigenvalue weighted by atomic mass is 16.5. The third-order valence-corrected chi connectivity index (χ3v) is 19.6. The minimum Gasteiger partial charge on any atom is -0.481 e. The number of amides is 1. The number of nitrogens with zero attached hydrogens (tertiary/aromatic N) is 1. The quantitative estimate of drug-likeness (QED) is 0.180. The maximum atomic E-state index is 14.2. The number of fused-ring (bicyclic) bond motifs is 7. The number of piperidine rings is 1. The molecule has 6 fully saturated rings. The van der Waals surface area contributed by atoms with E-state index in [0.29, 0.717) is 36.7 Å². The molecule has 5 saturated carbocycles. The summed E-state index contributed by atoms with van der Waals surface area (Å²) in [5.41, 5.74) is 2.03. The van der Waals surface area contributed by atoms with Crippen LogP contribution in [0.15, 0.2) is 35.4 Å². The van der Waals surface area contributed by atoms with E-state index in [1.807, 2.05) is 38.1 Å². The Bertz CT molecular complexity index is 1960. The van der Waals surface area contributed by atoms with Gasteiger partial charge in [0.05, 0.1) is 24.0 Å². The van der Waals surface area contributed by atoms with Crippen molar-refractivity contribution in [2.45, 2.75) is 158 Å². The molecule has 1 aromatic rings. The molecule has 1 amide bonds. The van der Waals surface area contributed by atoms with Crippen molar-refractivity contribution >= 4 is 29.3 Å². The fraction of sp³-hybridized carbons (Fsp3) is 0.765. The van der Waals surface area contributed by atoms with Crippen LogP contribution in [0.4, 0.5) is 5.69 Å². The summed E-state index contributed by atoms with van der Waals surface area (Å²) in [6.45, 7) is 21.8. The van der Waals surface area contributed by atoms with Crippen molar-refractivity contribution in [3.05, 3.63) is 41.0 Å². The minimum absolute atomic E-state index is 0.00518. The second-order valence-corrected chi connectivity index (χ2v) is 23.1. The lowest BCUT2D eigenvalue weighted by Gasteiger charge is -2.72. The summed E-state index contributed by atoms with van der Waals surface area (Å²) in [7, 11) is 0. The van der Waals surface area contributed by atoms with Crippen molar-refractivity contribution in [1.82, 2.24) is 5.32 Å². The van der Waals surface area contributed by atoms with Crippen LogP contribution in [0.5, 0.6) is 0 Å². The summed E-state index contributed by atoms with van der Waals surface area (Å²) in [5.74, 6) is -1.10. The number of carboxylic acids is 1. The van der Waals surface area contributed by atoms with E-state index >= 15 is 0 Å². The number of ketones is 1. The number of esters is 1. The zero-order valence-corrected chi connectivity index (χ0v) is 38.4. The van der Waals surface area contributed by atoms with Gasteiger partial charge in [-0.25, -0.2) is 0 Å². The minimum atomic E-state index is -0.895. The number of carbonyl (C=O) groups is 4. The van der Waals surface area contributed by atoms with E-state index in [0.717, 1.165) is 82.1 Å². The molecule has 10 heteroatoms. The average Bonchev–Trinajstić information content (AvgIpc) is 3.51. The van der Waals surface area contributed by atoms with Gasteiger partial charge in [0.1, 0.15) is 6.10 Å². The van der Waals surface area contributed by atoms with Crippen LogP contribution < -0.4 is 10.2 Å². The van der Waals surface area contributed by atoms with E-state index in [2.05, 4.69) is 58.7 Å². The Labute approximate surface area is 364 Å². The number of anilines is 1. The van der Waals surface area contributed by atoms with Gasteiger partial charge in [0, 0.05) is 48.1 Å². The lowest BCUT2D eigenvalue weighted by Crippen LogP contribution is -2.66. The Morgan fingerprint density at radius 2 is 1.49 bits per heavy atom. The predicted molar refractivity (Wildman–Crippen MR) is 235 cm³/mol. The van der Waals surface area contributed by atoms with Gasteiger partial charge < -0.3 is 30.3 Å². The Kier molecular flexibility index (Phi) is 11.1. The van der Waals surface area contributed by atoms with Crippen LogP contribution in [-0.4, -0.2) is 76.9 Å². The van der Waals surface area contributed by atoms with Gasteiger partial charge >= 0.3 is 11.9 Å². The molecule has 1 aliphatic heterocycles. The summed E-state index contributed by atoms with van der Waals surface area (Å²) < 4.78 is 6.42. The lowest BCUT2D eigenvalue weighted by atomic mass is 9.33. The second-order valence-electron chi connectivity index (χ2n) is 23.1. The third-order valence-electron chi connectivity index (χ3n) is 19.6. The number of carboxylic acid groups (broad SMARTS) is 1. The van der Waals surface area contributed by atoms with Crippen molar-refractivity contribution in [2.24, 2.45) is 68.0 Å².